The van der Waals surface area contributed by atoms with Crippen LogP contribution in [0.25, 0.3) is 0 Å². The van der Waals surface area contributed by atoms with Crippen molar-refractivity contribution in [1.29, 1.82) is 0 Å². The number of carbonyl (C=O) groups excluding carboxylic acids is 4. The Bertz CT molecular complexity index is 644. The summed E-state index contributed by atoms with van der Waals surface area (Å²) < 4.78 is 8.81. The first-order valence-electron chi connectivity index (χ1n) is 8.14. The topological polar surface area (TPSA) is 271 Å². The number of rotatable bonds is 12. The second-order valence-electron chi connectivity index (χ2n) is 5.75. The van der Waals surface area contributed by atoms with Gasteiger partial charge in [-0.15, -0.1) is 0 Å². The number of nitrogens with two attached hydrogens (primary N) is 3. The molecule has 0 aromatic rings. The molecule has 0 radical (unpaired) electrons. The molecule has 0 saturated carbocycles. The molecule has 0 aromatic heterocycles. The van der Waals surface area contributed by atoms with Gasteiger partial charge in [-0.05, 0) is 19.3 Å². The minimum Gasteiger partial charge on any atom is -1.00 e. The third-order valence-electron chi connectivity index (χ3n) is 3.36. The fraction of sp³-hybridized carbons (Fsp3) is 0.600. The second kappa shape index (κ2) is 19.7. The summed E-state index contributed by atoms with van der Waals surface area (Å²) >= 11 is 0. The van der Waals surface area contributed by atoms with Gasteiger partial charge in [-0.2, -0.15) is 0 Å². The summed E-state index contributed by atoms with van der Waals surface area (Å²) in [5, 5.41) is 17.1. The molecule has 0 rings (SSSR count). The maximum Gasteiger partial charge on any atom is 1.00 e. The maximum atomic E-state index is 11.6. The summed E-state index contributed by atoms with van der Waals surface area (Å²) in [7, 11) is 0. The number of ether oxygens (including phenoxy) is 2. The molecule has 0 saturated heterocycles. The summed E-state index contributed by atoms with van der Waals surface area (Å²) in [5.74, 6) is -6.76. The minimum absolute atomic E-state index is 0. The molecular weight excluding hydrogens is 444 g/mol. The largest absolute Gasteiger partial charge is 1.00 e. The van der Waals surface area contributed by atoms with Crippen molar-refractivity contribution in [3.63, 3.8) is 0 Å². The summed E-state index contributed by atoms with van der Waals surface area (Å²) in [6.07, 6.45) is -1.99. The van der Waals surface area contributed by atoms with E-state index in [1.807, 2.05) is 0 Å². The normalized spacial score (nSPS) is 12.4. The Kier molecular flexibility index (Phi) is 23.8. The molecule has 0 spiro atoms. The third kappa shape index (κ3) is 18.3. The molecule has 0 bridgehead atoms. The van der Waals surface area contributed by atoms with Crippen LogP contribution >= 0.6 is 0 Å². The fourth-order valence-corrected chi connectivity index (χ4v) is 1.65. The van der Waals surface area contributed by atoms with E-state index in [2.05, 4.69) is 9.47 Å². The molecule has 170 valence electrons. The molecule has 3 atom stereocenters. The Morgan fingerprint density at radius 3 is 1.26 bits per heavy atom. The smallest absolute Gasteiger partial charge is 1.00 e. The van der Waals surface area contributed by atoms with E-state index in [-0.39, 0.29) is 93.1 Å². The predicted molar refractivity (Wildman–Crippen MR) is 94.9 cm³/mol. The van der Waals surface area contributed by atoms with Crippen molar-refractivity contribution < 1.29 is 116 Å². The first-order valence-corrected chi connectivity index (χ1v) is 8.14. The van der Waals surface area contributed by atoms with Gasteiger partial charge in [0.2, 0.25) is 0 Å². The monoisotopic (exact) mass is 471 g/mol. The Morgan fingerprint density at radius 1 is 0.645 bits per heavy atom. The molecule has 10 N–H and O–H groups in total. The van der Waals surface area contributed by atoms with Gasteiger partial charge in [0.1, 0.15) is 18.1 Å². The summed E-state index contributed by atoms with van der Waals surface area (Å²) in [6.45, 7) is 0. The maximum absolute atomic E-state index is 11.6. The number of hydrogen-bond acceptors (Lipinski definition) is 11. The molecular formula is C15H27N3Na2O11. The molecule has 0 heterocycles. The van der Waals surface area contributed by atoms with E-state index in [9.17, 15) is 28.8 Å². The first-order chi connectivity index (χ1) is 12.9. The van der Waals surface area contributed by atoms with Crippen LogP contribution < -0.4 is 76.3 Å². The average molecular weight is 471 g/mol. The van der Waals surface area contributed by atoms with Gasteiger partial charge in [-0.1, -0.05) is 0 Å². The second-order valence-corrected chi connectivity index (χ2v) is 5.75. The van der Waals surface area contributed by atoms with Crippen molar-refractivity contribution >= 4 is 35.8 Å². The molecule has 14 nitrogen and oxygen atoms in total. The van der Waals surface area contributed by atoms with Gasteiger partial charge in [-0.25, -0.2) is 4.79 Å². The van der Waals surface area contributed by atoms with E-state index < -0.39 is 66.8 Å². The number of esters is 4. The van der Waals surface area contributed by atoms with Crippen molar-refractivity contribution in [3.05, 3.63) is 0 Å². The molecule has 31 heavy (non-hydrogen) atoms. The van der Waals surface area contributed by atoms with Gasteiger partial charge in [-0.3, -0.25) is 24.0 Å². The van der Waals surface area contributed by atoms with Crippen LogP contribution in [0.1, 0.15) is 41.4 Å². The fourth-order valence-electron chi connectivity index (χ4n) is 1.65. The van der Waals surface area contributed by atoms with E-state index in [1.165, 1.54) is 0 Å². The van der Waals surface area contributed by atoms with Gasteiger partial charge in [0, 0.05) is 19.3 Å². The molecule has 0 unspecified atom stereocenters. The van der Waals surface area contributed by atoms with Crippen LogP contribution in [-0.4, -0.2) is 69.6 Å². The van der Waals surface area contributed by atoms with E-state index in [1.54, 1.807) is 0 Å². The predicted octanol–water partition coefficient (Wildman–Crippen LogP) is -8.97. The van der Waals surface area contributed by atoms with Gasteiger partial charge in [0.25, 0.3) is 0 Å². The molecule has 0 aliphatic rings. The van der Waals surface area contributed by atoms with Crippen molar-refractivity contribution in [2.45, 2.75) is 56.7 Å². The van der Waals surface area contributed by atoms with Gasteiger partial charge in [0.05, 0.1) is 0 Å². The first kappa shape index (κ1) is 37.4. The average Bonchev–Trinajstić information content (AvgIpc) is 2.61. The zero-order valence-electron chi connectivity index (χ0n) is 19.4. The number of carboxylic acids is 2. The van der Waals surface area contributed by atoms with Crippen molar-refractivity contribution in [2.24, 2.45) is 17.2 Å². The van der Waals surface area contributed by atoms with Crippen LogP contribution in [0.15, 0.2) is 0 Å². The number of hydrogen-bond donors (Lipinski definition) is 5. The molecule has 16 heteroatoms. The van der Waals surface area contributed by atoms with Gasteiger partial charge in [0.15, 0.2) is 0 Å². The van der Waals surface area contributed by atoms with Crippen LogP contribution in [0.4, 0.5) is 0 Å². The van der Waals surface area contributed by atoms with Crippen LogP contribution in [0.5, 0.6) is 0 Å². The van der Waals surface area contributed by atoms with Crippen molar-refractivity contribution in [1.82, 2.24) is 0 Å². The summed E-state index contributed by atoms with van der Waals surface area (Å²) in [5.41, 5.74) is 15.9. The number of carboxylic acid groups (broad SMARTS) is 2. The van der Waals surface area contributed by atoms with E-state index in [0.29, 0.717) is 0 Å². The zero-order valence-corrected chi connectivity index (χ0v) is 21.4. The molecule has 0 fully saturated rings. The third-order valence-corrected chi connectivity index (χ3v) is 3.36. The molecule has 0 aliphatic carbocycles. The van der Waals surface area contributed by atoms with Crippen LogP contribution in [0, 0.1) is 0 Å². The quantitative estimate of drug-likeness (QED) is 0.101. The Labute approximate surface area is 224 Å². The van der Waals surface area contributed by atoms with Crippen molar-refractivity contribution in [3.8, 4) is 0 Å². The van der Waals surface area contributed by atoms with Gasteiger partial charge < -0.3 is 45.2 Å². The molecule has 0 aromatic carbocycles. The number of carbonyl (C=O) groups is 6. The molecule has 0 amide bonds. The SMILES string of the molecule is N[C@@H](CCC(=O)OC(=O)CC[C@H](N)C(=O)OC(=O)CC[C@H](N)C(=O)O)C(=O)O.O.[H-].[H-].[Na+].[Na+]. The van der Waals surface area contributed by atoms with Crippen LogP contribution in [-0.2, 0) is 38.2 Å². The Morgan fingerprint density at radius 2 is 0.935 bits per heavy atom. The summed E-state index contributed by atoms with van der Waals surface area (Å²) in [4.78, 5) is 66.9. The Balaban J connectivity index is -0.000000364. The minimum atomic E-state index is -1.36. The Hall–Kier alpha value is -0.940. The van der Waals surface area contributed by atoms with Crippen LogP contribution in [0.2, 0.25) is 0 Å². The van der Waals surface area contributed by atoms with Crippen molar-refractivity contribution in [2.75, 3.05) is 0 Å². The van der Waals surface area contributed by atoms with E-state index >= 15 is 0 Å². The molecule has 0 aliphatic heterocycles. The summed E-state index contributed by atoms with van der Waals surface area (Å²) in [6, 6.07) is -3.91. The number of aliphatic carboxylic acids is 2. The van der Waals surface area contributed by atoms with E-state index in [4.69, 9.17) is 27.4 Å². The van der Waals surface area contributed by atoms with Gasteiger partial charge >= 0.3 is 94.9 Å². The zero-order chi connectivity index (χ0) is 21.9. The standard InChI is InChI=1S/C15H23N3O10.2Na.H2O.2H/c16-7(13(22)23)1-4-10(19)27-11(20)6-3-9(18)15(26)28-12(21)5-2-8(17)14(24)25;;;;;/h7-9H,1-6,16-18H2,(H,22,23)(H,24,25);;;1H2;;/q;2*+1;;2*-1/t7-,8-,9-;;;;;/m0...../s1. The van der Waals surface area contributed by atoms with Crippen LogP contribution in [0.3, 0.4) is 0 Å². The van der Waals surface area contributed by atoms with E-state index in [0.717, 1.165) is 0 Å².